The van der Waals surface area contributed by atoms with Crippen molar-refractivity contribution in [1.29, 1.82) is 0 Å². The van der Waals surface area contributed by atoms with Crippen LogP contribution < -0.4 is 10.2 Å². The molecule has 10 heteroatoms. The molecule has 0 unspecified atom stereocenters. The summed E-state index contributed by atoms with van der Waals surface area (Å²) in [6.45, 7) is 4.16. The number of hydrogen-bond acceptors (Lipinski definition) is 8. The van der Waals surface area contributed by atoms with Crippen molar-refractivity contribution in [2.75, 3.05) is 23.9 Å². The predicted molar refractivity (Wildman–Crippen MR) is 121 cm³/mol. The van der Waals surface area contributed by atoms with Gasteiger partial charge >= 0.3 is 6.09 Å². The van der Waals surface area contributed by atoms with E-state index < -0.39 is 6.09 Å². The topological polar surface area (TPSA) is 89.5 Å². The van der Waals surface area contributed by atoms with Crippen LogP contribution in [0.25, 0.3) is 10.6 Å². The largest absolute Gasteiger partial charge is 0.447 e. The Labute approximate surface area is 189 Å². The van der Waals surface area contributed by atoms with Crippen LogP contribution in [0, 0.1) is 0 Å². The van der Waals surface area contributed by atoms with Crippen LogP contribution in [0.3, 0.4) is 0 Å². The first-order valence-electron chi connectivity index (χ1n) is 9.76. The summed E-state index contributed by atoms with van der Waals surface area (Å²) in [7, 11) is 1.60. The molecule has 1 amide bonds. The third-order valence-electron chi connectivity index (χ3n) is 5.09. The number of nitrogens with zero attached hydrogens (tertiary/aromatic N) is 4. The first-order valence-corrected chi connectivity index (χ1v) is 11.0. The van der Waals surface area contributed by atoms with Crippen LogP contribution in [0.2, 0.25) is 5.02 Å². The van der Waals surface area contributed by atoms with Crippen LogP contribution in [-0.2, 0) is 9.47 Å². The molecule has 2 aromatic heterocycles. The minimum Gasteiger partial charge on any atom is -0.447 e. The lowest BCUT2D eigenvalue weighted by molar-refractivity contribution is 0.0881. The second-order valence-corrected chi connectivity index (χ2v) is 8.63. The SMILES string of the molecule is CO[C@H](C)[C@H]1COC(=O)N1c1ccnc(N[C@@H](C)c2cnc(-c3ccc(Cl)cc3)s2)n1. The molecule has 4 rings (SSSR count). The second-order valence-electron chi connectivity index (χ2n) is 7.13. The van der Waals surface area contributed by atoms with Crippen molar-refractivity contribution in [3.8, 4) is 10.6 Å². The Morgan fingerprint density at radius 1 is 1.26 bits per heavy atom. The summed E-state index contributed by atoms with van der Waals surface area (Å²) in [6, 6.07) is 8.95. The molecule has 3 atom stereocenters. The maximum absolute atomic E-state index is 12.3. The number of anilines is 2. The Balaban J connectivity index is 1.50. The number of ether oxygens (including phenoxy) is 2. The van der Waals surface area contributed by atoms with Crippen molar-refractivity contribution in [3.63, 3.8) is 0 Å². The lowest BCUT2D eigenvalue weighted by Gasteiger charge is -2.25. The highest BCUT2D eigenvalue weighted by Gasteiger charge is 2.39. The van der Waals surface area contributed by atoms with Crippen molar-refractivity contribution < 1.29 is 14.3 Å². The van der Waals surface area contributed by atoms with Gasteiger partial charge in [-0.1, -0.05) is 23.7 Å². The Bertz CT molecular complexity index is 1060. The number of hydrogen-bond donors (Lipinski definition) is 1. The van der Waals surface area contributed by atoms with E-state index in [0.29, 0.717) is 16.8 Å². The lowest BCUT2D eigenvalue weighted by atomic mass is 10.2. The number of aromatic nitrogens is 3. The van der Waals surface area contributed by atoms with Gasteiger partial charge in [-0.15, -0.1) is 11.3 Å². The van der Waals surface area contributed by atoms with E-state index in [1.54, 1.807) is 30.7 Å². The van der Waals surface area contributed by atoms with Crippen molar-refractivity contribution in [1.82, 2.24) is 15.0 Å². The number of carbonyl (C=O) groups excluding carboxylic acids is 1. The second kappa shape index (κ2) is 9.17. The molecule has 3 aromatic rings. The predicted octanol–water partition coefficient (Wildman–Crippen LogP) is 4.79. The number of nitrogens with one attached hydrogen (secondary N) is 1. The van der Waals surface area contributed by atoms with Crippen LogP contribution >= 0.6 is 22.9 Å². The molecular weight excluding hydrogens is 438 g/mol. The molecule has 0 saturated carbocycles. The molecule has 0 radical (unpaired) electrons. The molecule has 3 heterocycles. The maximum Gasteiger partial charge on any atom is 0.416 e. The summed E-state index contributed by atoms with van der Waals surface area (Å²) >= 11 is 7.55. The molecule has 0 bridgehead atoms. The molecule has 1 aliphatic rings. The molecule has 31 heavy (non-hydrogen) atoms. The number of cyclic esters (lactones) is 1. The number of thiazole rings is 1. The fourth-order valence-corrected chi connectivity index (χ4v) is 4.28. The van der Waals surface area contributed by atoms with Gasteiger partial charge in [0.25, 0.3) is 0 Å². The van der Waals surface area contributed by atoms with Crippen LogP contribution in [0.1, 0.15) is 24.8 Å². The number of benzene rings is 1. The number of halogens is 1. The minimum absolute atomic E-state index is 0.0759. The van der Waals surface area contributed by atoms with Gasteiger partial charge < -0.3 is 14.8 Å². The standard InChI is InChI=1S/C21H22ClN5O3S/c1-12(17-10-24-19(31-17)14-4-6-15(22)7-5-14)25-20-23-9-8-18(26-20)27-16(13(2)29-3)11-30-21(27)28/h4-10,12-13,16H,11H2,1-3H3,(H,23,25,26)/t12-,13+,16+/m0/s1. The van der Waals surface area contributed by atoms with Crippen LogP contribution in [0.4, 0.5) is 16.6 Å². The summed E-state index contributed by atoms with van der Waals surface area (Å²) in [4.78, 5) is 28.2. The summed E-state index contributed by atoms with van der Waals surface area (Å²) in [5, 5.41) is 4.89. The quantitative estimate of drug-likeness (QED) is 0.543. The molecule has 8 nitrogen and oxygen atoms in total. The first-order chi connectivity index (χ1) is 15.0. The van der Waals surface area contributed by atoms with Crippen LogP contribution in [0.15, 0.2) is 42.7 Å². The van der Waals surface area contributed by atoms with Crippen molar-refractivity contribution in [3.05, 3.63) is 52.6 Å². The van der Waals surface area contributed by atoms with Crippen molar-refractivity contribution >= 4 is 40.8 Å². The zero-order valence-electron chi connectivity index (χ0n) is 17.3. The van der Waals surface area contributed by atoms with E-state index >= 15 is 0 Å². The Morgan fingerprint density at radius 2 is 2.03 bits per heavy atom. The van der Waals surface area contributed by atoms with Crippen LogP contribution in [0.5, 0.6) is 0 Å². The number of amides is 1. The average Bonchev–Trinajstić information content (AvgIpc) is 3.41. The van der Waals surface area contributed by atoms with Gasteiger partial charge in [-0.05, 0) is 32.0 Å². The first kappa shape index (κ1) is 21.5. The number of carbonyl (C=O) groups is 1. The number of methoxy groups -OCH3 is 1. The van der Waals surface area contributed by atoms with Gasteiger partial charge in [0.2, 0.25) is 5.95 Å². The monoisotopic (exact) mass is 459 g/mol. The molecule has 1 aromatic carbocycles. The molecule has 1 N–H and O–H groups in total. The Morgan fingerprint density at radius 3 is 2.77 bits per heavy atom. The highest BCUT2D eigenvalue weighted by Crippen LogP contribution is 2.31. The van der Waals surface area contributed by atoms with Gasteiger partial charge in [-0.25, -0.2) is 14.8 Å². The molecular formula is C21H22ClN5O3S. The summed E-state index contributed by atoms with van der Waals surface area (Å²) in [5.74, 6) is 0.877. The fourth-order valence-electron chi connectivity index (χ4n) is 3.23. The summed E-state index contributed by atoms with van der Waals surface area (Å²) in [6.07, 6.45) is 2.81. The third-order valence-corrected chi connectivity index (χ3v) is 6.58. The van der Waals surface area contributed by atoms with E-state index in [2.05, 4.69) is 20.3 Å². The highest BCUT2D eigenvalue weighted by molar-refractivity contribution is 7.15. The van der Waals surface area contributed by atoms with E-state index in [4.69, 9.17) is 21.1 Å². The van der Waals surface area contributed by atoms with Crippen LogP contribution in [-0.4, -0.2) is 46.9 Å². The van der Waals surface area contributed by atoms with Gasteiger partial charge in [0.05, 0.1) is 12.1 Å². The van der Waals surface area contributed by atoms with E-state index in [-0.39, 0.29) is 24.8 Å². The van der Waals surface area contributed by atoms with Gasteiger partial charge in [-0.3, -0.25) is 4.90 Å². The van der Waals surface area contributed by atoms with Crippen molar-refractivity contribution in [2.24, 2.45) is 0 Å². The molecule has 0 spiro atoms. The van der Waals surface area contributed by atoms with Gasteiger partial charge in [-0.2, -0.15) is 4.98 Å². The molecule has 0 aliphatic carbocycles. The highest BCUT2D eigenvalue weighted by atomic mass is 35.5. The molecule has 1 saturated heterocycles. The summed E-state index contributed by atoms with van der Waals surface area (Å²) in [5.41, 5.74) is 1.01. The normalized spacial score (nSPS) is 18.0. The minimum atomic E-state index is -0.443. The lowest BCUT2D eigenvalue weighted by Crippen LogP contribution is -2.42. The third kappa shape index (κ3) is 4.63. The van der Waals surface area contributed by atoms with E-state index in [0.717, 1.165) is 15.4 Å². The fraction of sp³-hybridized carbons (Fsp3) is 0.333. The zero-order valence-corrected chi connectivity index (χ0v) is 18.9. The Hall–Kier alpha value is -2.75. The zero-order chi connectivity index (χ0) is 22.0. The van der Waals surface area contributed by atoms with Gasteiger partial charge in [0, 0.05) is 35.0 Å². The van der Waals surface area contributed by atoms with Crippen molar-refractivity contribution in [2.45, 2.75) is 32.0 Å². The maximum atomic E-state index is 12.3. The Kier molecular flexibility index (Phi) is 6.35. The number of rotatable bonds is 7. The molecule has 1 fully saturated rings. The molecule has 1 aliphatic heterocycles. The summed E-state index contributed by atoms with van der Waals surface area (Å²) < 4.78 is 10.6. The smallest absolute Gasteiger partial charge is 0.416 e. The van der Waals surface area contributed by atoms with E-state index in [1.807, 2.05) is 44.3 Å². The van der Waals surface area contributed by atoms with Gasteiger partial charge in [0.1, 0.15) is 23.5 Å². The van der Waals surface area contributed by atoms with Gasteiger partial charge in [0.15, 0.2) is 0 Å². The van der Waals surface area contributed by atoms with E-state index in [1.165, 1.54) is 4.90 Å². The van der Waals surface area contributed by atoms with E-state index in [9.17, 15) is 4.79 Å². The molecule has 162 valence electrons. The average molecular weight is 460 g/mol.